The lowest BCUT2D eigenvalue weighted by Crippen LogP contribution is -2.28. The van der Waals surface area contributed by atoms with Crippen molar-refractivity contribution in [2.24, 2.45) is 0 Å². The van der Waals surface area contributed by atoms with Crippen molar-refractivity contribution in [1.29, 1.82) is 0 Å². The molecule has 0 saturated carbocycles. The van der Waals surface area contributed by atoms with Crippen LogP contribution in [-0.4, -0.2) is 34.1 Å². The molecule has 4 nitrogen and oxygen atoms in total. The minimum atomic E-state index is -3.84. The molecule has 0 heterocycles. The SMILES string of the molecule is O=S(=O)(NCCOCCCl)c1cc(F)ccc1Cl. The molecular formula is C10H12Cl2FNO3S. The van der Waals surface area contributed by atoms with E-state index in [1.54, 1.807) is 0 Å². The fourth-order valence-electron chi connectivity index (χ4n) is 1.17. The molecule has 1 aromatic rings. The molecule has 0 aliphatic heterocycles. The van der Waals surface area contributed by atoms with Crippen LogP contribution in [0, 0.1) is 5.82 Å². The fourth-order valence-corrected chi connectivity index (χ4v) is 2.80. The lowest BCUT2D eigenvalue weighted by molar-refractivity contribution is 0.155. The summed E-state index contributed by atoms with van der Waals surface area (Å²) in [7, 11) is -3.84. The molecule has 1 aromatic carbocycles. The highest BCUT2D eigenvalue weighted by Crippen LogP contribution is 2.21. The zero-order chi connectivity index (χ0) is 13.6. The van der Waals surface area contributed by atoms with E-state index in [1.807, 2.05) is 0 Å². The van der Waals surface area contributed by atoms with Gasteiger partial charge in [0, 0.05) is 12.4 Å². The molecule has 0 spiro atoms. The predicted molar refractivity (Wildman–Crippen MR) is 68.1 cm³/mol. The third kappa shape index (κ3) is 4.70. The Morgan fingerprint density at radius 3 is 2.72 bits per heavy atom. The van der Waals surface area contributed by atoms with Crippen LogP contribution in [0.15, 0.2) is 23.1 Å². The highest BCUT2D eigenvalue weighted by molar-refractivity contribution is 7.89. The number of benzene rings is 1. The van der Waals surface area contributed by atoms with Gasteiger partial charge in [-0.25, -0.2) is 17.5 Å². The Kier molecular flexibility index (Phi) is 6.31. The van der Waals surface area contributed by atoms with Crippen molar-refractivity contribution < 1.29 is 17.5 Å². The van der Waals surface area contributed by atoms with Crippen molar-refractivity contribution in [2.45, 2.75) is 4.90 Å². The second-order valence-corrected chi connectivity index (χ2v) is 5.79. The standard InChI is InChI=1S/C10H12Cl2FNO3S/c11-3-5-17-6-4-14-18(15,16)10-7-8(13)1-2-9(10)12/h1-2,7,14H,3-6H2. The smallest absolute Gasteiger partial charge is 0.242 e. The van der Waals surface area contributed by atoms with Gasteiger partial charge < -0.3 is 4.74 Å². The highest BCUT2D eigenvalue weighted by atomic mass is 35.5. The van der Waals surface area contributed by atoms with E-state index in [-0.39, 0.29) is 23.1 Å². The molecule has 0 atom stereocenters. The van der Waals surface area contributed by atoms with E-state index in [1.165, 1.54) is 6.07 Å². The van der Waals surface area contributed by atoms with Gasteiger partial charge >= 0.3 is 0 Å². The van der Waals surface area contributed by atoms with Gasteiger partial charge in [-0.15, -0.1) is 11.6 Å². The maximum atomic E-state index is 13.0. The van der Waals surface area contributed by atoms with Crippen LogP contribution in [-0.2, 0) is 14.8 Å². The van der Waals surface area contributed by atoms with Crippen LogP contribution >= 0.6 is 23.2 Å². The molecular weight excluding hydrogens is 304 g/mol. The van der Waals surface area contributed by atoms with Crippen molar-refractivity contribution in [3.63, 3.8) is 0 Å². The number of alkyl halides is 1. The molecule has 0 aromatic heterocycles. The third-order valence-corrected chi connectivity index (χ3v) is 4.04. The summed E-state index contributed by atoms with van der Waals surface area (Å²) < 4.78 is 43.8. The van der Waals surface area contributed by atoms with Gasteiger partial charge in [0.2, 0.25) is 10.0 Å². The predicted octanol–water partition coefficient (Wildman–Crippen LogP) is 2.01. The Morgan fingerprint density at radius 1 is 1.33 bits per heavy atom. The zero-order valence-electron chi connectivity index (χ0n) is 9.33. The number of ether oxygens (including phenoxy) is 1. The molecule has 0 radical (unpaired) electrons. The first-order valence-electron chi connectivity index (χ1n) is 5.06. The Bertz CT molecular complexity index is 496. The van der Waals surface area contributed by atoms with E-state index in [0.29, 0.717) is 12.5 Å². The minimum absolute atomic E-state index is 0.0365. The van der Waals surface area contributed by atoms with Crippen molar-refractivity contribution >= 4 is 33.2 Å². The van der Waals surface area contributed by atoms with Crippen molar-refractivity contribution in [1.82, 2.24) is 4.72 Å². The van der Waals surface area contributed by atoms with E-state index < -0.39 is 15.8 Å². The Balaban J connectivity index is 2.66. The lowest BCUT2D eigenvalue weighted by atomic mass is 10.3. The number of hydrogen-bond donors (Lipinski definition) is 1. The molecule has 8 heteroatoms. The van der Waals surface area contributed by atoms with Crippen molar-refractivity contribution in [3.05, 3.63) is 29.0 Å². The van der Waals surface area contributed by atoms with Crippen LogP contribution in [0.3, 0.4) is 0 Å². The maximum Gasteiger partial charge on any atom is 0.242 e. The molecule has 0 unspecified atom stereocenters. The summed E-state index contributed by atoms with van der Waals surface area (Å²) in [6.45, 7) is 0.578. The number of rotatable bonds is 7. The normalized spacial score (nSPS) is 11.7. The largest absolute Gasteiger partial charge is 0.379 e. The molecule has 0 saturated heterocycles. The molecule has 0 bridgehead atoms. The molecule has 0 aliphatic rings. The topological polar surface area (TPSA) is 55.4 Å². The highest BCUT2D eigenvalue weighted by Gasteiger charge is 2.18. The summed E-state index contributed by atoms with van der Waals surface area (Å²) in [4.78, 5) is -0.290. The van der Waals surface area contributed by atoms with Crippen LogP contribution in [0.25, 0.3) is 0 Å². The number of hydrogen-bond acceptors (Lipinski definition) is 3. The Hall–Kier alpha value is -0.400. The summed E-state index contributed by atoms with van der Waals surface area (Å²) in [5.74, 6) is -0.333. The first kappa shape index (κ1) is 15.7. The average Bonchev–Trinajstić information content (AvgIpc) is 2.32. The monoisotopic (exact) mass is 315 g/mol. The van der Waals surface area contributed by atoms with Crippen LogP contribution in [0.2, 0.25) is 5.02 Å². The number of nitrogens with one attached hydrogen (secondary N) is 1. The summed E-state index contributed by atoms with van der Waals surface area (Å²) in [6.07, 6.45) is 0. The quantitative estimate of drug-likeness (QED) is 0.618. The molecule has 0 aliphatic carbocycles. The number of halogens is 3. The summed E-state index contributed by atoms with van der Waals surface area (Å²) in [5, 5.41) is -0.0365. The van der Waals surface area contributed by atoms with Gasteiger partial charge in [-0.2, -0.15) is 0 Å². The number of sulfonamides is 1. The van der Waals surface area contributed by atoms with Crippen LogP contribution in [0.5, 0.6) is 0 Å². The molecule has 0 amide bonds. The van der Waals surface area contributed by atoms with Crippen LogP contribution in [0.4, 0.5) is 4.39 Å². The summed E-state index contributed by atoms with van der Waals surface area (Å²) >= 11 is 11.1. The Labute approximate surface area is 115 Å². The van der Waals surface area contributed by atoms with E-state index in [0.717, 1.165) is 12.1 Å². The fraction of sp³-hybridized carbons (Fsp3) is 0.400. The first-order chi connectivity index (χ1) is 8.47. The molecule has 0 fully saturated rings. The van der Waals surface area contributed by atoms with E-state index in [9.17, 15) is 12.8 Å². The van der Waals surface area contributed by atoms with E-state index in [2.05, 4.69) is 4.72 Å². The molecule has 1 N–H and O–H groups in total. The van der Waals surface area contributed by atoms with Crippen LogP contribution < -0.4 is 4.72 Å². The van der Waals surface area contributed by atoms with Gasteiger partial charge in [0.25, 0.3) is 0 Å². The van der Waals surface area contributed by atoms with Crippen molar-refractivity contribution in [2.75, 3.05) is 25.6 Å². The summed E-state index contributed by atoms with van der Waals surface area (Å²) in [5.41, 5.74) is 0. The maximum absolute atomic E-state index is 13.0. The van der Waals surface area contributed by atoms with E-state index in [4.69, 9.17) is 27.9 Å². The average molecular weight is 316 g/mol. The van der Waals surface area contributed by atoms with Gasteiger partial charge in [0.05, 0.1) is 18.2 Å². The van der Waals surface area contributed by atoms with Gasteiger partial charge in [-0.05, 0) is 18.2 Å². The molecule has 102 valence electrons. The van der Waals surface area contributed by atoms with Crippen molar-refractivity contribution in [3.8, 4) is 0 Å². The minimum Gasteiger partial charge on any atom is -0.379 e. The van der Waals surface area contributed by atoms with Gasteiger partial charge in [0.15, 0.2) is 0 Å². The van der Waals surface area contributed by atoms with Gasteiger partial charge in [-0.3, -0.25) is 0 Å². The molecule has 18 heavy (non-hydrogen) atoms. The van der Waals surface area contributed by atoms with Gasteiger partial charge in [-0.1, -0.05) is 11.6 Å². The zero-order valence-corrected chi connectivity index (χ0v) is 11.7. The van der Waals surface area contributed by atoms with E-state index >= 15 is 0 Å². The molecule has 1 rings (SSSR count). The summed E-state index contributed by atoms with van der Waals surface area (Å²) in [6, 6.07) is 3.14. The second kappa shape index (κ2) is 7.25. The van der Waals surface area contributed by atoms with Crippen LogP contribution in [0.1, 0.15) is 0 Å². The Morgan fingerprint density at radius 2 is 2.06 bits per heavy atom. The second-order valence-electron chi connectivity index (χ2n) is 3.27. The lowest BCUT2D eigenvalue weighted by Gasteiger charge is -2.08. The van der Waals surface area contributed by atoms with Gasteiger partial charge in [0.1, 0.15) is 10.7 Å². The third-order valence-electron chi connectivity index (χ3n) is 1.94. The first-order valence-corrected chi connectivity index (χ1v) is 7.45.